The third-order valence-corrected chi connectivity index (χ3v) is 29.5. The third-order valence-electron chi connectivity index (χ3n) is 29.5. The van der Waals surface area contributed by atoms with E-state index in [-0.39, 0.29) is 25.2 Å². The van der Waals surface area contributed by atoms with Crippen molar-refractivity contribution in [3.63, 3.8) is 0 Å². The Hall–Kier alpha value is -4.07. The van der Waals surface area contributed by atoms with Crippen molar-refractivity contribution < 1.29 is 211 Å². The topological polar surface area (TPSA) is 656 Å². The number of esters is 3. The summed E-state index contributed by atoms with van der Waals surface area (Å²) in [7, 11) is 0. The second-order valence-corrected chi connectivity index (χ2v) is 37.6. The standard InChI is InChI=1S/C80H124O43/c1-27-42(88)60(119-68-53(99)48(94)57(28(2)110-68)112-31(5)84)63(121-69-54(100)49(95)58(29(3)111-69)116-67-56(102)59(35(86)24-108-67)117-71-52(98)47(93)45(91)37(114-71)25-106-30(4)83)72(109-27)123-74(105)80-19-18-75(6,7)20-33(80)32-12-13-39-76(8)16-15-41(77(9,26-82)38(76)14-17-78(39,10)79(32,11)21-40(80)87)115-73-64(122-70-51(97)46(92)44(90)36(22-81)113-70)61(55(101)62(120-73)65(103)104)118-66-50(96)43(89)34(85)23-107-66/h12,26-29,33-64,66-73,81,85-102H,13-25H2,1-11H3,(H,103,104)/t27-,28-,29+,33+,34-,35-,36-,37-,38?,39?,40-,41+,42+,43+,44+,45-,46+,47+,48-,49+,50-,51-,52-,53-,54-,55+,56-,57-,58+,59+,60+,61+,62+,63-,64-,66+,67+,68+,69+,70+,71+,72+,73-,76+,77+,78-,79-,80-/m1/s1. The van der Waals surface area contributed by atoms with E-state index in [0.717, 1.165) is 25.7 Å². The van der Waals surface area contributed by atoms with Crippen LogP contribution in [0.25, 0.3) is 0 Å². The summed E-state index contributed by atoms with van der Waals surface area (Å²) in [5.41, 5.74) is -5.43. The summed E-state index contributed by atoms with van der Waals surface area (Å²) < 4.78 is 108. The molecule has 2 unspecified atom stereocenters. The molecule has 43 nitrogen and oxygen atoms in total. The smallest absolute Gasteiger partial charge is 0.335 e. The summed E-state index contributed by atoms with van der Waals surface area (Å²) in [4.78, 5) is 67.7. The van der Waals surface area contributed by atoms with Gasteiger partial charge in [-0.3, -0.25) is 14.4 Å². The Morgan fingerprint density at radius 1 is 0.455 bits per heavy atom. The molecular formula is C80H124O43. The Labute approximate surface area is 707 Å². The van der Waals surface area contributed by atoms with Gasteiger partial charge in [0, 0.05) is 13.8 Å². The van der Waals surface area contributed by atoms with E-state index in [9.17, 15) is 121 Å². The predicted molar refractivity (Wildman–Crippen MR) is 399 cm³/mol. The molecule has 8 heterocycles. The fourth-order valence-electron chi connectivity index (χ4n) is 22.2. The summed E-state index contributed by atoms with van der Waals surface area (Å²) in [5, 5.41) is 226. The van der Waals surface area contributed by atoms with Gasteiger partial charge in [0.05, 0.1) is 55.8 Å². The van der Waals surface area contributed by atoms with Crippen LogP contribution >= 0.6 is 0 Å². The Morgan fingerprint density at radius 3 is 1.57 bits per heavy atom. The van der Waals surface area contributed by atoms with Gasteiger partial charge in [0.1, 0.15) is 165 Å². The van der Waals surface area contributed by atoms with Gasteiger partial charge in [0.25, 0.3) is 0 Å². The second-order valence-electron chi connectivity index (χ2n) is 37.6. The number of carbonyl (C=O) groups excluding carboxylic acids is 4. The molecule has 8 aliphatic heterocycles. The monoisotopic (exact) mass is 1770 g/mol. The van der Waals surface area contributed by atoms with Crippen LogP contribution in [0.2, 0.25) is 0 Å². The van der Waals surface area contributed by atoms with Gasteiger partial charge in [-0.25, -0.2) is 4.79 Å². The maximum absolute atomic E-state index is 16.3. The highest BCUT2D eigenvalue weighted by atomic mass is 16.8. The molecule has 0 radical (unpaired) electrons. The van der Waals surface area contributed by atoms with Crippen molar-refractivity contribution in [1.82, 2.24) is 0 Å². The molecule has 13 aliphatic rings. The number of aliphatic hydroxyl groups is 19. The summed E-state index contributed by atoms with van der Waals surface area (Å²) in [6, 6.07) is 0. The number of aliphatic carboxylic acids is 1. The largest absolute Gasteiger partial charge is 0.479 e. The van der Waals surface area contributed by atoms with Gasteiger partial charge in [0.15, 0.2) is 62.3 Å². The van der Waals surface area contributed by atoms with E-state index in [0.29, 0.717) is 38.5 Å². The van der Waals surface area contributed by atoms with Crippen LogP contribution in [0, 0.1) is 50.2 Å². The highest BCUT2D eigenvalue weighted by molar-refractivity contribution is 5.80. The lowest BCUT2D eigenvalue weighted by Crippen LogP contribution is -2.69. The number of carbonyl (C=O) groups is 5. The zero-order valence-electron chi connectivity index (χ0n) is 70.0. The molecule has 13 rings (SSSR count). The summed E-state index contributed by atoms with van der Waals surface area (Å²) >= 11 is 0. The maximum Gasteiger partial charge on any atom is 0.335 e. The molecule has 0 aromatic carbocycles. The molecule has 4 saturated carbocycles. The molecule has 0 aromatic heterocycles. The third kappa shape index (κ3) is 17.5. The van der Waals surface area contributed by atoms with E-state index >= 15 is 4.79 Å². The normalized spacial score (nSPS) is 53.0. The van der Waals surface area contributed by atoms with Crippen molar-refractivity contribution in [3.05, 3.63) is 11.6 Å². The first-order valence-electron chi connectivity index (χ1n) is 42.2. The second kappa shape index (κ2) is 36.9. The number of aldehydes is 1. The summed E-state index contributed by atoms with van der Waals surface area (Å²) in [6.45, 7) is 15.5. The van der Waals surface area contributed by atoms with Gasteiger partial charge < -0.3 is 192 Å². The molecule has 8 saturated heterocycles. The predicted octanol–water partition coefficient (Wildman–Crippen LogP) is -6.99. The van der Waals surface area contributed by atoms with Crippen LogP contribution in [0.1, 0.15) is 134 Å². The maximum atomic E-state index is 16.3. The molecule has 48 atom stereocenters. The minimum atomic E-state index is -2.26. The lowest BCUT2D eigenvalue weighted by molar-refractivity contribution is -0.393. The van der Waals surface area contributed by atoms with Crippen LogP contribution in [-0.2, 0) is 109 Å². The zero-order valence-corrected chi connectivity index (χ0v) is 70.0. The van der Waals surface area contributed by atoms with Crippen molar-refractivity contribution in [3.8, 4) is 0 Å². The Morgan fingerprint density at radius 2 is 0.967 bits per heavy atom. The van der Waals surface area contributed by atoms with Crippen LogP contribution in [0.3, 0.4) is 0 Å². The lowest BCUT2D eigenvalue weighted by atomic mass is 9.33. The van der Waals surface area contributed by atoms with Gasteiger partial charge in [-0.15, -0.1) is 0 Å². The number of allylic oxidation sites excluding steroid dienone is 2. The molecule has 123 heavy (non-hydrogen) atoms. The molecule has 43 heteroatoms. The first-order chi connectivity index (χ1) is 57.6. The minimum absolute atomic E-state index is 0.0268. The van der Waals surface area contributed by atoms with Crippen LogP contribution in [-0.4, -0.2) is 404 Å². The number of carboxylic acid groups (broad SMARTS) is 1. The van der Waals surface area contributed by atoms with Crippen molar-refractivity contribution >= 4 is 30.2 Å². The highest BCUT2D eigenvalue weighted by Gasteiger charge is 2.74. The van der Waals surface area contributed by atoms with Crippen LogP contribution in [0.5, 0.6) is 0 Å². The van der Waals surface area contributed by atoms with Gasteiger partial charge in [-0.2, -0.15) is 0 Å². The average Bonchev–Trinajstić information content (AvgIpc) is 0.668. The van der Waals surface area contributed by atoms with Crippen molar-refractivity contribution in [2.24, 2.45) is 50.2 Å². The molecule has 0 spiro atoms. The van der Waals surface area contributed by atoms with Crippen molar-refractivity contribution in [2.45, 2.75) is 380 Å². The number of hydrogen-bond donors (Lipinski definition) is 20. The number of aliphatic hydroxyl groups excluding tert-OH is 19. The van der Waals surface area contributed by atoms with E-state index < -0.39 is 340 Å². The Balaban J connectivity index is 0.772. The minimum Gasteiger partial charge on any atom is -0.479 e. The van der Waals surface area contributed by atoms with E-state index in [2.05, 4.69) is 26.8 Å². The van der Waals surface area contributed by atoms with E-state index in [1.807, 2.05) is 13.8 Å². The van der Waals surface area contributed by atoms with Crippen molar-refractivity contribution in [1.29, 1.82) is 0 Å². The summed E-state index contributed by atoms with van der Waals surface area (Å²) in [6.07, 6.45) is -68.8. The van der Waals surface area contributed by atoms with Gasteiger partial charge in [-0.05, 0) is 118 Å². The molecule has 702 valence electrons. The van der Waals surface area contributed by atoms with E-state index in [1.54, 1.807) is 6.92 Å². The number of rotatable bonds is 22. The molecule has 20 N–H and O–H groups in total. The molecule has 12 fully saturated rings. The van der Waals surface area contributed by atoms with Crippen molar-refractivity contribution in [2.75, 3.05) is 26.4 Å². The van der Waals surface area contributed by atoms with Gasteiger partial charge in [0.2, 0.25) is 6.29 Å². The number of fused-ring (bicyclic) bond motifs is 7. The average molecular weight is 1770 g/mol. The number of carboxylic acids is 1. The SMILES string of the molecule is CC(=O)OC[C@H]1O[C@@H](O[C@@H]2[C@@H](O)[C@H](O[C@@H]3[C@@H](O)[C@@H](O)[C@H](O[C@H]4[C@H](OC(=O)[C@]56CCC(C)(C)C[C@H]5C5=CCC7[C@@]8(C)CC[C@H](O[C@@H]9O[C@H](C(=O)O)[C@@H](O)[C@H](O[C@@H]%10OC[C@@H](O)[C@H](O)[C@H]%10O)[C@H]9O[C@@H]9O[C@H](CO)[C@H](O)[C@H](O)[C@H]9O)[C@@](C)(C=O)C8CC[C@@]7(C)[C@]5(C)C[C@H]6O)O[C@H](C)[C@H](O)[C@@H]4O[C@@H]4O[C@H](C)[C@@H](OC(C)=O)[C@H](O)[C@H]4O)O[C@H]3C)OC[C@H]2O)[C@H](O)[C@@H](O)[C@@H]1O. The highest BCUT2D eigenvalue weighted by Crippen LogP contribution is 2.76. The van der Waals surface area contributed by atoms with Crippen LogP contribution in [0.4, 0.5) is 0 Å². The van der Waals surface area contributed by atoms with Gasteiger partial charge in [-0.1, -0.05) is 53.2 Å². The number of ether oxygens (including phenoxy) is 18. The molecule has 0 aromatic rings. The van der Waals surface area contributed by atoms with Crippen LogP contribution in [0.15, 0.2) is 11.6 Å². The Bertz CT molecular complexity index is 3710. The first-order valence-corrected chi connectivity index (χ1v) is 42.2. The molecule has 0 bridgehead atoms. The van der Waals surface area contributed by atoms with Gasteiger partial charge >= 0.3 is 23.9 Å². The lowest BCUT2D eigenvalue weighted by Gasteiger charge is -2.71. The van der Waals surface area contributed by atoms with E-state index in [4.69, 9.17) is 85.3 Å². The fraction of sp³-hybridized carbons (Fsp3) is 0.912. The summed E-state index contributed by atoms with van der Waals surface area (Å²) in [5.74, 6) is -6.02. The fourth-order valence-corrected chi connectivity index (χ4v) is 22.2. The first kappa shape index (κ1) is 96.5. The molecule has 0 amide bonds. The molecular weight excluding hydrogens is 1650 g/mol. The van der Waals surface area contributed by atoms with Crippen LogP contribution < -0.4 is 0 Å². The van der Waals surface area contributed by atoms with E-state index in [1.165, 1.54) is 20.8 Å². The quantitative estimate of drug-likeness (QED) is 0.0157. The Kier molecular flexibility index (Phi) is 29.0. The molecule has 5 aliphatic carbocycles. The zero-order chi connectivity index (χ0) is 90.0. The number of hydrogen-bond acceptors (Lipinski definition) is 42.